The standard InChI is InChI=1S/C19H35N/c1-2-11-20-19(10-8-15-5-3-4-6-15)14-18-13-16-7-9-17(18)12-16/h15-20H,2-14H2,1H3. The third-order valence-corrected chi connectivity index (χ3v) is 6.55. The van der Waals surface area contributed by atoms with E-state index in [0.29, 0.717) is 0 Å². The van der Waals surface area contributed by atoms with Crippen molar-refractivity contribution < 1.29 is 0 Å². The molecular weight excluding hydrogens is 242 g/mol. The van der Waals surface area contributed by atoms with E-state index in [-0.39, 0.29) is 0 Å². The summed E-state index contributed by atoms with van der Waals surface area (Å²) in [6.45, 7) is 3.54. The molecule has 1 N–H and O–H groups in total. The van der Waals surface area contributed by atoms with Crippen molar-refractivity contribution in [2.24, 2.45) is 23.7 Å². The van der Waals surface area contributed by atoms with Gasteiger partial charge in [-0.3, -0.25) is 0 Å². The molecule has 0 aromatic rings. The van der Waals surface area contributed by atoms with E-state index in [1.54, 1.807) is 25.7 Å². The maximum absolute atomic E-state index is 3.88. The number of hydrogen-bond donors (Lipinski definition) is 1. The van der Waals surface area contributed by atoms with Gasteiger partial charge in [0, 0.05) is 6.04 Å². The monoisotopic (exact) mass is 277 g/mol. The van der Waals surface area contributed by atoms with Crippen molar-refractivity contribution in [3.05, 3.63) is 0 Å². The Morgan fingerprint density at radius 2 is 1.90 bits per heavy atom. The van der Waals surface area contributed by atoms with Gasteiger partial charge in [-0.25, -0.2) is 0 Å². The summed E-state index contributed by atoms with van der Waals surface area (Å²) in [5, 5.41) is 3.88. The maximum Gasteiger partial charge on any atom is 0.00699 e. The predicted octanol–water partition coefficient (Wildman–Crippen LogP) is 5.15. The third kappa shape index (κ3) is 3.78. The highest BCUT2D eigenvalue weighted by molar-refractivity contribution is 4.91. The average molecular weight is 277 g/mol. The van der Waals surface area contributed by atoms with Crippen LogP contribution in [0.1, 0.15) is 84.0 Å². The summed E-state index contributed by atoms with van der Waals surface area (Å²) in [7, 11) is 0. The zero-order valence-electron chi connectivity index (χ0n) is 13.6. The van der Waals surface area contributed by atoms with Crippen molar-refractivity contribution in [3.63, 3.8) is 0 Å². The average Bonchev–Trinajstić information content (AvgIpc) is 3.18. The molecule has 4 atom stereocenters. The fraction of sp³-hybridized carbons (Fsp3) is 1.00. The fourth-order valence-corrected chi connectivity index (χ4v) is 5.42. The van der Waals surface area contributed by atoms with Gasteiger partial charge in [-0.15, -0.1) is 0 Å². The van der Waals surface area contributed by atoms with Gasteiger partial charge in [-0.05, 0) is 75.2 Å². The van der Waals surface area contributed by atoms with Crippen molar-refractivity contribution in [1.29, 1.82) is 0 Å². The SMILES string of the molecule is CCCNC(CCC1CCCC1)CC1CC2CCC1C2. The van der Waals surface area contributed by atoms with E-state index < -0.39 is 0 Å². The lowest BCUT2D eigenvalue weighted by Gasteiger charge is -2.28. The predicted molar refractivity (Wildman–Crippen MR) is 86.8 cm³/mol. The Labute approximate surface area is 126 Å². The van der Waals surface area contributed by atoms with Crippen LogP contribution in [0.4, 0.5) is 0 Å². The number of hydrogen-bond acceptors (Lipinski definition) is 1. The molecule has 0 heterocycles. The molecule has 3 aliphatic rings. The van der Waals surface area contributed by atoms with Crippen LogP contribution in [0.3, 0.4) is 0 Å². The zero-order valence-corrected chi connectivity index (χ0v) is 13.6. The van der Waals surface area contributed by atoms with Gasteiger partial charge in [-0.2, -0.15) is 0 Å². The van der Waals surface area contributed by atoms with Crippen molar-refractivity contribution in [1.82, 2.24) is 5.32 Å². The molecule has 20 heavy (non-hydrogen) atoms. The Kier molecular flexibility index (Phi) is 5.42. The topological polar surface area (TPSA) is 12.0 Å². The van der Waals surface area contributed by atoms with E-state index in [9.17, 15) is 0 Å². The largest absolute Gasteiger partial charge is 0.314 e. The number of nitrogens with one attached hydrogen (secondary N) is 1. The molecule has 0 aliphatic heterocycles. The summed E-state index contributed by atoms with van der Waals surface area (Å²) in [4.78, 5) is 0. The Hall–Kier alpha value is -0.0400. The van der Waals surface area contributed by atoms with Crippen LogP contribution < -0.4 is 5.32 Å². The van der Waals surface area contributed by atoms with E-state index in [1.807, 2.05) is 0 Å². The molecule has 1 heteroatoms. The van der Waals surface area contributed by atoms with Crippen LogP contribution in [-0.2, 0) is 0 Å². The smallest absolute Gasteiger partial charge is 0.00699 e. The Bertz CT molecular complexity index is 281. The van der Waals surface area contributed by atoms with E-state index in [4.69, 9.17) is 0 Å². The summed E-state index contributed by atoms with van der Waals surface area (Å²) >= 11 is 0. The molecule has 3 rings (SSSR count). The van der Waals surface area contributed by atoms with Crippen LogP contribution in [0.25, 0.3) is 0 Å². The minimum absolute atomic E-state index is 0.833. The first-order chi connectivity index (χ1) is 9.85. The highest BCUT2D eigenvalue weighted by Crippen LogP contribution is 2.50. The molecule has 0 amide bonds. The lowest BCUT2D eigenvalue weighted by atomic mass is 9.82. The minimum atomic E-state index is 0.833. The lowest BCUT2D eigenvalue weighted by molar-refractivity contribution is 0.263. The van der Waals surface area contributed by atoms with Crippen molar-refractivity contribution >= 4 is 0 Å². The highest BCUT2D eigenvalue weighted by Gasteiger charge is 2.40. The van der Waals surface area contributed by atoms with Crippen LogP contribution in [0, 0.1) is 23.7 Å². The summed E-state index contributed by atoms with van der Waals surface area (Å²) in [5.41, 5.74) is 0. The fourth-order valence-electron chi connectivity index (χ4n) is 5.42. The first-order valence-electron chi connectivity index (χ1n) is 9.58. The lowest BCUT2D eigenvalue weighted by Crippen LogP contribution is -2.33. The zero-order chi connectivity index (χ0) is 13.8. The molecule has 116 valence electrons. The molecule has 4 unspecified atom stereocenters. The van der Waals surface area contributed by atoms with Gasteiger partial charge in [0.15, 0.2) is 0 Å². The van der Waals surface area contributed by atoms with Crippen molar-refractivity contribution in [3.8, 4) is 0 Å². The van der Waals surface area contributed by atoms with Crippen LogP contribution in [-0.4, -0.2) is 12.6 Å². The molecule has 0 aromatic heterocycles. The molecule has 1 nitrogen and oxygen atoms in total. The quantitative estimate of drug-likeness (QED) is 0.647. The second kappa shape index (κ2) is 7.29. The van der Waals surface area contributed by atoms with Gasteiger partial charge < -0.3 is 5.32 Å². The van der Waals surface area contributed by atoms with Gasteiger partial charge in [0.05, 0.1) is 0 Å². The van der Waals surface area contributed by atoms with Gasteiger partial charge in [0.1, 0.15) is 0 Å². The molecule has 0 radical (unpaired) electrons. The van der Waals surface area contributed by atoms with Crippen LogP contribution in [0.15, 0.2) is 0 Å². The Morgan fingerprint density at radius 3 is 2.55 bits per heavy atom. The van der Waals surface area contributed by atoms with Crippen molar-refractivity contribution in [2.45, 2.75) is 90.0 Å². The minimum Gasteiger partial charge on any atom is -0.314 e. The van der Waals surface area contributed by atoms with Gasteiger partial charge in [-0.1, -0.05) is 39.0 Å². The first-order valence-corrected chi connectivity index (χ1v) is 9.58. The van der Waals surface area contributed by atoms with Gasteiger partial charge in [0.25, 0.3) is 0 Å². The second-order valence-corrected chi connectivity index (χ2v) is 8.05. The van der Waals surface area contributed by atoms with E-state index >= 15 is 0 Å². The first kappa shape index (κ1) is 14.9. The number of rotatable bonds is 8. The molecule has 3 fully saturated rings. The molecule has 0 spiro atoms. The van der Waals surface area contributed by atoms with Crippen molar-refractivity contribution in [2.75, 3.05) is 6.54 Å². The molecule has 2 bridgehead atoms. The molecule has 3 saturated carbocycles. The summed E-state index contributed by atoms with van der Waals surface area (Å²) in [5.74, 6) is 4.37. The van der Waals surface area contributed by atoms with E-state index in [2.05, 4.69) is 12.2 Å². The second-order valence-electron chi connectivity index (χ2n) is 8.05. The van der Waals surface area contributed by atoms with E-state index in [1.165, 1.54) is 57.9 Å². The normalized spacial score (nSPS) is 35.0. The van der Waals surface area contributed by atoms with Gasteiger partial charge in [0.2, 0.25) is 0 Å². The number of fused-ring (bicyclic) bond motifs is 2. The molecule has 3 aliphatic carbocycles. The summed E-state index contributed by atoms with van der Waals surface area (Å²) in [6, 6.07) is 0.833. The molecule has 0 saturated heterocycles. The van der Waals surface area contributed by atoms with Crippen LogP contribution in [0.2, 0.25) is 0 Å². The molecule has 0 aromatic carbocycles. The highest BCUT2D eigenvalue weighted by atomic mass is 14.9. The van der Waals surface area contributed by atoms with E-state index in [0.717, 1.165) is 29.7 Å². The maximum atomic E-state index is 3.88. The summed E-state index contributed by atoms with van der Waals surface area (Å²) in [6.07, 6.45) is 18.0. The third-order valence-electron chi connectivity index (χ3n) is 6.55. The van der Waals surface area contributed by atoms with Crippen LogP contribution in [0.5, 0.6) is 0 Å². The Balaban J connectivity index is 1.44. The molecular formula is C19H35N. The summed E-state index contributed by atoms with van der Waals surface area (Å²) < 4.78 is 0. The Morgan fingerprint density at radius 1 is 1.05 bits per heavy atom. The van der Waals surface area contributed by atoms with Crippen LogP contribution >= 0.6 is 0 Å². The van der Waals surface area contributed by atoms with Gasteiger partial charge >= 0.3 is 0 Å².